The maximum atomic E-state index is 14.3. The molecule has 0 spiro atoms. The lowest BCUT2D eigenvalue weighted by Gasteiger charge is -2.46. The van der Waals surface area contributed by atoms with Gasteiger partial charge in [0.15, 0.2) is 0 Å². The Morgan fingerprint density at radius 3 is 0.923 bits per heavy atom. The van der Waals surface area contributed by atoms with Crippen LogP contribution >= 0.6 is 0 Å². The van der Waals surface area contributed by atoms with Crippen molar-refractivity contribution >= 4 is 5.97 Å². The lowest BCUT2D eigenvalue weighted by molar-refractivity contribution is -0.311. The zero-order valence-corrected chi connectivity index (χ0v) is 51.3. The van der Waals surface area contributed by atoms with E-state index < -0.39 is 67.4 Å². The first-order chi connectivity index (χ1) is 44.9. The quantitative estimate of drug-likeness (QED) is 0.0381. The van der Waals surface area contributed by atoms with Crippen LogP contribution in [0.4, 0.5) is 0 Å². The second-order valence-corrected chi connectivity index (χ2v) is 22.5. The van der Waals surface area contributed by atoms with Crippen molar-refractivity contribution in [2.45, 2.75) is 121 Å². The monoisotopic (exact) mass is 1230 g/mol. The van der Waals surface area contributed by atoms with Gasteiger partial charge in [0.05, 0.1) is 73.2 Å². The summed E-state index contributed by atoms with van der Waals surface area (Å²) in [5.41, 5.74) is 8.20. The lowest BCUT2D eigenvalue weighted by Crippen LogP contribution is -2.62. The minimum atomic E-state index is -1.26. The largest absolute Gasteiger partial charge is 0.465 e. The highest BCUT2D eigenvalue weighted by Crippen LogP contribution is 2.39. The van der Waals surface area contributed by atoms with E-state index in [-0.39, 0.29) is 69.9 Å². The molecule has 14 nitrogen and oxygen atoms in total. The van der Waals surface area contributed by atoms with Crippen LogP contribution in [0, 0.1) is 6.92 Å². The van der Waals surface area contributed by atoms with Crippen LogP contribution in [0.3, 0.4) is 0 Å². The molecule has 9 aromatic carbocycles. The van der Waals surface area contributed by atoms with Gasteiger partial charge in [-0.05, 0) is 63.1 Å². The fourth-order valence-corrected chi connectivity index (χ4v) is 11.2. The summed E-state index contributed by atoms with van der Waals surface area (Å²) in [5.74, 6) is -0.299. The minimum Gasteiger partial charge on any atom is -0.465 e. The highest BCUT2D eigenvalue weighted by Gasteiger charge is 2.52. The van der Waals surface area contributed by atoms with E-state index in [9.17, 15) is 4.79 Å². The fourth-order valence-electron chi connectivity index (χ4n) is 11.2. The normalized spacial score (nSPS) is 21.4. The second-order valence-electron chi connectivity index (χ2n) is 22.5. The first kappa shape index (κ1) is 64.2. The molecule has 0 unspecified atom stereocenters. The van der Waals surface area contributed by atoms with Crippen molar-refractivity contribution in [1.82, 2.24) is 0 Å². The number of benzene rings is 9. The van der Waals surface area contributed by atoms with Crippen molar-refractivity contribution in [3.8, 4) is 11.5 Å². The van der Waals surface area contributed by atoms with Gasteiger partial charge in [-0.15, -0.1) is 0 Å². The van der Waals surface area contributed by atoms with Gasteiger partial charge in [0.2, 0.25) is 12.6 Å². The zero-order chi connectivity index (χ0) is 62.2. The molecule has 2 heterocycles. The van der Waals surface area contributed by atoms with E-state index in [1.807, 2.05) is 243 Å². The third kappa shape index (κ3) is 18.4. The molecule has 9 aromatic rings. The Morgan fingerprint density at radius 2 is 0.615 bits per heavy atom. The molecule has 2 aliphatic heterocycles. The van der Waals surface area contributed by atoms with E-state index in [2.05, 4.69) is 0 Å². The Kier molecular flexibility index (Phi) is 23.7. The van der Waals surface area contributed by atoms with Crippen LogP contribution in [0.15, 0.2) is 255 Å². The molecular weight excluding hydrogens is 1150 g/mol. The van der Waals surface area contributed by atoms with Gasteiger partial charge in [-0.3, -0.25) is 0 Å². The summed E-state index contributed by atoms with van der Waals surface area (Å²) in [4.78, 5) is 14.3. The zero-order valence-electron chi connectivity index (χ0n) is 51.3. The van der Waals surface area contributed by atoms with Crippen molar-refractivity contribution in [2.24, 2.45) is 0 Å². The molecule has 2 fully saturated rings. The van der Waals surface area contributed by atoms with Crippen molar-refractivity contribution in [2.75, 3.05) is 20.3 Å². The summed E-state index contributed by atoms with van der Waals surface area (Å²) in [6.07, 6.45) is -9.06. The summed E-state index contributed by atoms with van der Waals surface area (Å²) in [6.45, 7) is 3.80. The van der Waals surface area contributed by atoms with Gasteiger partial charge in [0.1, 0.15) is 65.9 Å². The summed E-state index contributed by atoms with van der Waals surface area (Å²) in [6, 6.07) is 82.8. The molecule has 0 aliphatic carbocycles. The van der Waals surface area contributed by atoms with E-state index in [1.54, 1.807) is 19.1 Å². The van der Waals surface area contributed by atoms with Gasteiger partial charge in [0.25, 0.3) is 0 Å². The summed E-state index contributed by atoms with van der Waals surface area (Å²) >= 11 is 0. The molecule has 0 saturated carbocycles. The number of methoxy groups -OCH3 is 1. The number of hydrogen-bond acceptors (Lipinski definition) is 14. The summed E-state index contributed by atoms with van der Waals surface area (Å²) in [5, 5.41) is 0. The number of esters is 1. The Bertz CT molecular complexity index is 3540. The molecule has 10 atom stereocenters. The molecule has 14 heteroatoms. The fraction of sp³-hybridized carbons (Fsp3) is 0.286. The van der Waals surface area contributed by atoms with E-state index in [0.29, 0.717) is 18.8 Å². The van der Waals surface area contributed by atoms with E-state index in [0.717, 1.165) is 44.5 Å². The molecule has 0 amide bonds. The molecular formula is C77H78O14. The number of carbonyl (C=O) groups excluding carboxylic acids is 1. The first-order valence-electron chi connectivity index (χ1n) is 30.9. The molecule has 0 radical (unpaired) electrons. The Hall–Kier alpha value is -8.35. The Labute approximate surface area is 533 Å². The molecule has 0 N–H and O–H groups in total. The average Bonchev–Trinajstić information content (AvgIpc) is 0.891. The topological polar surface area (TPSA) is 137 Å². The molecule has 0 aromatic heterocycles. The van der Waals surface area contributed by atoms with Gasteiger partial charge < -0.3 is 61.6 Å². The third-order valence-corrected chi connectivity index (χ3v) is 15.8. The van der Waals surface area contributed by atoms with Gasteiger partial charge in [-0.1, -0.05) is 243 Å². The molecule has 470 valence electrons. The molecule has 2 aliphatic rings. The number of hydrogen-bond donors (Lipinski definition) is 0. The first-order valence-corrected chi connectivity index (χ1v) is 30.9. The SMILES string of the molecule is COC(=O)c1c(C)cc(O[C@@H]2O[C@H](COCc3ccccc3)[C@@H](OCc3ccccc3)[C@H](OCc3ccccc3)[C@H]2OCc2ccccc2)cc1O[C@H]1O[C@H](COCc2ccccc2)[C@@H](OCc2ccccc2)[C@H](OCc2ccccc2)[C@H]1OCc1ccccc1. The van der Waals surface area contributed by atoms with E-state index in [4.69, 9.17) is 61.6 Å². The smallest absolute Gasteiger partial charge is 0.341 e. The Morgan fingerprint density at radius 1 is 0.341 bits per heavy atom. The second kappa shape index (κ2) is 33.6. The molecule has 11 rings (SSSR count). The lowest BCUT2D eigenvalue weighted by atomic mass is 9.97. The highest BCUT2D eigenvalue weighted by molar-refractivity contribution is 5.94. The van der Waals surface area contributed by atoms with Crippen LogP contribution in [0.5, 0.6) is 11.5 Å². The van der Waals surface area contributed by atoms with Crippen LogP contribution in [0.25, 0.3) is 0 Å². The molecule has 0 bridgehead atoms. The summed E-state index contributed by atoms with van der Waals surface area (Å²) in [7, 11) is 1.33. The van der Waals surface area contributed by atoms with Crippen LogP contribution in [-0.2, 0) is 105 Å². The number of rotatable bonds is 31. The van der Waals surface area contributed by atoms with Crippen molar-refractivity contribution in [3.63, 3.8) is 0 Å². The van der Waals surface area contributed by atoms with Gasteiger partial charge >= 0.3 is 5.97 Å². The number of aryl methyl sites for hydroxylation is 1. The Balaban J connectivity index is 0.978. The van der Waals surface area contributed by atoms with E-state index >= 15 is 0 Å². The summed E-state index contributed by atoms with van der Waals surface area (Å²) < 4.78 is 89.4. The third-order valence-electron chi connectivity index (χ3n) is 15.8. The van der Waals surface area contributed by atoms with Gasteiger partial charge in [-0.2, -0.15) is 0 Å². The van der Waals surface area contributed by atoms with Gasteiger partial charge in [0, 0.05) is 6.07 Å². The maximum Gasteiger partial charge on any atom is 0.341 e. The molecule has 91 heavy (non-hydrogen) atoms. The highest BCUT2D eigenvalue weighted by atomic mass is 16.7. The van der Waals surface area contributed by atoms with Crippen molar-refractivity contribution in [1.29, 1.82) is 0 Å². The van der Waals surface area contributed by atoms with E-state index in [1.165, 1.54) is 7.11 Å². The maximum absolute atomic E-state index is 14.3. The van der Waals surface area contributed by atoms with Crippen LogP contribution in [-0.4, -0.2) is 87.7 Å². The van der Waals surface area contributed by atoms with Gasteiger partial charge in [-0.25, -0.2) is 4.79 Å². The predicted octanol–water partition coefficient (Wildman–Crippen LogP) is 13.9. The molecule has 2 saturated heterocycles. The van der Waals surface area contributed by atoms with Crippen LogP contribution in [0.2, 0.25) is 0 Å². The van der Waals surface area contributed by atoms with Crippen LogP contribution < -0.4 is 9.47 Å². The number of carbonyl (C=O) groups is 1. The van der Waals surface area contributed by atoms with Crippen molar-refractivity contribution < 1.29 is 66.4 Å². The minimum absolute atomic E-state index is 0.0695. The standard InChI is InChI=1S/C77H78O14/c1-55-43-64(88-76-73(86-51-62-39-23-9-24-40-62)71(84-49-60-35-19-7-20-36-60)69(82-47-58-31-15-5-16-32-58)66(90-76)53-80-45-56-27-11-3-12-28-56)44-65(68(55)75(78)79-2)89-77-74(87-52-63-41-25-10-26-42-63)72(85-50-61-37-21-8-22-38-61)70(83-48-59-33-17-6-18-34-59)67(91-77)54-81-46-57-29-13-4-14-30-57/h3-44,66-67,69-74,76-77H,45-54H2,1-2H3/t66-,67-,69-,70-,71+,72+,73-,74-,76-,77+/m1/s1. The predicted molar refractivity (Wildman–Crippen MR) is 343 cm³/mol. The van der Waals surface area contributed by atoms with Crippen LogP contribution in [0.1, 0.15) is 60.4 Å². The van der Waals surface area contributed by atoms with Crippen molar-refractivity contribution in [3.05, 3.63) is 310 Å². The average molecular weight is 1230 g/mol. The number of ether oxygens (including phenoxy) is 13.